The summed E-state index contributed by atoms with van der Waals surface area (Å²) in [6.45, 7) is 9.67. The van der Waals surface area contributed by atoms with Crippen LogP contribution in [0.2, 0.25) is 0 Å². The number of rotatable bonds is 2. The van der Waals surface area contributed by atoms with Gasteiger partial charge in [0.2, 0.25) is 5.92 Å². The molecule has 1 aromatic rings. The van der Waals surface area contributed by atoms with Crippen LogP contribution >= 0.6 is 0 Å². The molecular weight excluding hydrogens is 312 g/mol. The summed E-state index contributed by atoms with van der Waals surface area (Å²) in [5.74, 6) is -3.14. The molecule has 1 heterocycles. The lowest BCUT2D eigenvalue weighted by Crippen LogP contribution is -2.17. The maximum atomic E-state index is 13.6. The minimum absolute atomic E-state index is 0.0825. The van der Waals surface area contributed by atoms with E-state index in [1.807, 2.05) is 34.6 Å². The SMILES string of the molecule is CC.COC(=O)c1c(C2CCCC(F)(F)CC2)nc(C)c(C)c1C. The Balaban J connectivity index is 0.00000139. The average molecular weight is 341 g/mol. The molecule has 3 nitrogen and oxygen atoms in total. The van der Waals surface area contributed by atoms with Gasteiger partial charge >= 0.3 is 5.97 Å². The molecule has 136 valence electrons. The normalized spacial score (nSPS) is 19.8. The van der Waals surface area contributed by atoms with Crippen LogP contribution in [-0.2, 0) is 4.74 Å². The molecule has 1 aliphatic rings. The minimum Gasteiger partial charge on any atom is -0.465 e. The van der Waals surface area contributed by atoms with Crippen molar-refractivity contribution >= 4 is 5.97 Å². The molecule has 0 N–H and O–H groups in total. The van der Waals surface area contributed by atoms with E-state index in [-0.39, 0.29) is 18.8 Å². The molecule has 0 aromatic carbocycles. The zero-order valence-corrected chi connectivity index (χ0v) is 15.6. The number of nitrogens with zero attached hydrogens (tertiary/aromatic N) is 1. The molecule has 1 fully saturated rings. The van der Waals surface area contributed by atoms with E-state index in [9.17, 15) is 13.6 Å². The second-order valence-electron chi connectivity index (χ2n) is 6.18. The molecule has 0 amide bonds. The van der Waals surface area contributed by atoms with Gasteiger partial charge in [0.15, 0.2) is 0 Å². The van der Waals surface area contributed by atoms with Crippen molar-refractivity contribution in [3.05, 3.63) is 28.1 Å². The molecule has 24 heavy (non-hydrogen) atoms. The van der Waals surface area contributed by atoms with Crippen LogP contribution in [0.3, 0.4) is 0 Å². The van der Waals surface area contributed by atoms with Crippen molar-refractivity contribution < 1.29 is 18.3 Å². The van der Waals surface area contributed by atoms with Gasteiger partial charge < -0.3 is 4.74 Å². The van der Waals surface area contributed by atoms with Crippen LogP contribution in [0.1, 0.15) is 84.7 Å². The van der Waals surface area contributed by atoms with Crippen LogP contribution in [0.5, 0.6) is 0 Å². The third kappa shape index (κ3) is 4.52. The summed E-state index contributed by atoms with van der Waals surface area (Å²) in [4.78, 5) is 16.7. The van der Waals surface area contributed by atoms with Gasteiger partial charge in [-0.1, -0.05) is 13.8 Å². The first-order valence-electron chi connectivity index (χ1n) is 8.70. The zero-order chi connectivity index (χ0) is 18.5. The van der Waals surface area contributed by atoms with Gasteiger partial charge in [-0.25, -0.2) is 13.6 Å². The maximum Gasteiger partial charge on any atom is 0.340 e. The number of aryl methyl sites for hydroxylation is 1. The summed E-state index contributed by atoms with van der Waals surface area (Å²) in [6, 6.07) is 0. The number of alkyl halides is 2. The first-order chi connectivity index (χ1) is 11.3. The number of hydrogen-bond acceptors (Lipinski definition) is 3. The lowest BCUT2D eigenvalue weighted by Gasteiger charge is -2.21. The summed E-state index contributed by atoms with van der Waals surface area (Å²) in [7, 11) is 1.34. The molecule has 1 aromatic heterocycles. The van der Waals surface area contributed by atoms with Crippen LogP contribution < -0.4 is 0 Å². The van der Waals surface area contributed by atoms with Crippen molar-refractivity contribution in [2.75, 3.05) is 7.11 Å². The monoisotopic (exact) mass is 341 g/mol. The molecule has 1 saturated carbocycles. The van der Waals surface area contributed by atoms with Crippen LogP contribution in [0.25, 0.3) is 0 Å². The summed E-state index contributed by atoms with van der Waals surface area (Å²) < 4.78 is 32.1. The van der Waals surface area contributed by atoms with Gasteiger partial charge in [-0.05, 0) is 51.2 Å². The third-order valence-electron chi connectivity index (χ3n) is 4.75. The Kier molecular flexibility index (Phi) is 7.30. The number of halogens is 2. The van der Waals surface area contributed by atoms with E-state index < -0.39 is 11.9 Å². The Morgan fingerprint density at radius 1 is 1.12 bits per heavy atom. The molecule has 0 radical (unpaired) electrons. The largest absolute Gasteiger partial charge is 0.465 e. The van der Waals surface area contributed by atoms with Gasteiger partial charge in [0.1, 0.15) is 0 Å². The van der Waals surface area contributed by atoms with Gasteiger partial charge in [0.05, 0.1) is 18.4 Å². The van der Waals surface area contributed by atoms with E-state index in [0.29, 0.717) is 30.5 Å². The highest BCUT2D eigenvalue weighted by molar-refractivity contribution is 5.92. The molecule has 0 saturated heterocycles. The molecule has 1 atom stereocenters. The van der Waals surface area contributed by atoms with Gasteiger partial charge in [-0.15, -0.1) is 0 Å². The highest BCUT2D eigenvalue weighted by Crippen LogP contribution is 2.40. The summed E-state index contributed by atoms with van der Waals surface area (Å²) in [6.07, 6.45) is 1.21. The number of aromatic nitrogens is 1. The average Bonchev–Trinajstić information content (AvgIpc) is 2.74. The van der Waals surface area contributed by atoms with Crippen LogP contribution in [0.15, 0.2) is 0 Å². The first kappa shape index (κ1) is 20.5. The maximum absolute atomic E-state index is 13.6. The smallest absolute Gasteiger partial charge is 0.340 e. The lowest BCUT2D eigenvalue weighted by molar-refractivity contribution is -0.0141. The highest BCUT2D eigenvalue weighted by Gasteiger charge is 2.35. The number of hydrogen-bond donors (Lipinski definition) is 0. The van der Waals surface area contributed by atoms with Crippen LogP contribution in [-0.4, -0.2) is 24.0 Å². The first-order valence-corrected chi connectivity index (χ1v) is 8.70. The Morgan fingerprint density at radius 3 is 2.33 bits per heavy atom. The van der Waals surface area contributed by atoms with E-state index in [1.165, 1.54) is 7.11 Å². The van der Waals surface area contributed by atoms with E-state index in [1.54, 1.807) is 0 Å². The number of esters is 1. The molecule has 1 unspecified atom stereocenters. The van der Waals surface area contributed by atoms with E-state index in [4.69, 9.17) is 4.74 Å². The van der Waals surface area contributed by atoms with E-state index >= 15 is 0 Å². The van der Waals surface area contributed by atoms with Crippen LogP contribution in [0, 0.1) is 20.8 Å². The number of ether oxygens (including phenoxy) is 1. The molecule has 1 aliphatic carbocycles. The van der Waals surface area contributed by atoms with Crippen molar-refractivity contribution in [2.24, 2.45) is 0 Å². The zero-order valence-electron chi connectivity index (χ0n) is 15.6. The van der Waals surface area contributed by atoms with Crippen molar-refractivity contribution in [1.82, 2.24) is 4.98 Å². The van der Waals surface area contributed by atoms with E-state index in [0.717, 1.165) is 16.8 Å². The summed E-state index contributed by atoms with van der Waals surface area (Å²) >= 11 is 0. The van der Waals surface area contributed by atoms with Crippen molar-refractivity contribution in [1.29, 1.82) is 0 Å². The number of carbonyl (C=O) groups is 1. The van der Waals surface area contributed by atoms with Crippen molar-refractivity contribution in [2.45, 2.75) is 78.6 Å². The molecule has 5 heteroatoms. The lowest BCUT2D eigenvalue weighted by atomic mass is 9.89. The quantitative estimate of drug-likeness (QED) is 0.526. The van der Waals surface area contributed by atoms with Crippen LogP contribution in [0.4, 0.5) is 8.78 Å². The number of carbonyl (C=O) groups excluding carboxylic acids is 1. The van der Waals surface area contributed by atoms with Gasteiger partial charge in [0.25, 0.3) is 0 Å². The fourth-order valence-corrected chi connectivity index (χ4v) is 3.16. The number of methoxy groups -OCH3 is 1. The molecule has 0 bridgehead atoms. The second kappa shape index (κ2) is 8.54. The summed E-state index contributed by atoms with van der Waals surface area (Å²) in [5, 5.41) is 0. The van der Waals surface area contributed by atoms with Gasteiger partial charge in [-0.3, -0.25) is 4.98 Å². The Labute approximate surface area is 143 Å². The minimum atomic E-state index is -2.60. The molecule has 0 spiro atoms. The molecule has 0 aliphatic heterocycles. The predicted molar refractivity (Wildman–Crippen MR) is 91.9 cm³/mol. The molecule has 2 rings (SSSR count). The highest BCUT2D eigenvalue weighted by atomic mass is 19.3. The second-order valence-corrected chi connectivity index (χ2v) is 6.18. The Morgan fingerprint density at radius 2 is 1.75 bits per heavy atom. The fourth-order valence-electron chi connectivity index (χ4n) is 3.16. The predicted octanol–water partition coefficient (Wildman–Crippen LogP) is 5.50. The van der Waals surface area contributed by atoms with Crippen molar-refractivity contribution in [3.63, 3.8) is 0 Å². The fraction of sp³-hybridized carbons (Fsp3) is 0.684. The Hall–Kier alpha value is -1.52. The van der Waals surface area contributed by atoms with E-state index in [2.05, 4.69) is 4.98 Å². The molecular formula is C19H29F2NO2. The Bertz CT molecular complexity index is 585. The third-order valence-corrected chi connectivity index (χ3v) is 4.75. The summed E-state index contributed by atoms with van der Waals surface area (Å²) in [5.41, 5.74) is 3.72. The topological polar surface area (TPSA) is 39.2 Å². The van der Waals surface area contributed by atoms with Crippen molar-refractivity contribution in [3.8, 4) is 0 Å². The standard InChI is InChI=1S/C17H23F2NO2.C2H6/c1-10-11(2)14(16(21)22-4)15(20-12(10)3)13-6-5-8-17(18,19)9-7-13;1-2/h13H,5-9H2,1-4H3;1-2H3. The van der Waals surface area contributed by atoms with Gasteiger partial charge in [-0.2, -0.15) is 0 Å². The van der Waals surface area contributed by atoms with Gasteiger partial charge in [0, 0.05) is 24.5 Å². The number of pyridine rings is 1.